The number of halogens is 1. The first-order valence-electron chi connectivity index (χ1n) is 6.85. The van der Waals surface area contributed by atoms with Crippen LogP contribution in [-0.2, 0) is 10.0 Å². The minimum atomic E-state index is -3.55. The van der Waals surface area contributed by atoms with Gasteiger partial charge in [0.15, 0.2) is 6.29 Å². The first-order valence-corrected chi connectivity index (χ1v) is 8.70. The van der Waals surface area contributed by atoms with Crippen molar-refractivity contribution >= 4 is 16.3 Å². The van der Waals surface area contributed by atoms with Gasteiger partial charge in [-0.05, 0) is 30.5 Å². The fourth-order valence-electron chi connectivity index (χ4n) is 2.79. The van der Waals surface area contributed by atoms with E-state index in [2.05, 4.69) is 0 Å². The summed E-state index contributed by atoms with van der Waals surface area (Å²) in [5.41, 5.74) is 2.40. The molecule has 4 nitrogen and oxygen atoms in total. The van der Waals surface area contributed by atoms with Crippen LogP contribution in [0.15, 0.2) is 24.3 Å². The second-order valence-electron chi connectivity index (χ2n) is 5.57. The summed E-state index contributed by atoms with van der Waals surface area (Å²) >= 11 is 0. The minimum Gasteiger partial charge on any atom is -0.298 e. The van der Waals surface area contributed by atoms with Crippen LogP contribution in [0.25, 0.3) is 11.1 Å². The van der Waals surface area contributed by atoms with E-state index in [1.165, 1.54) is 16.1 Å². The Morgan fingerprint density at radius 2 is 1.73 bits per heavy atom. The molecule has 0 unspecified atom stereocenters. The molecule has 1 aromatic heterocycles. The third kappa shape index (κ3) is 2.70. The lowest BCUT2D eigenvalue weighted by molar-refractivity contribution is 0.112. The molecule has 2 aromatic rings. The van der Waals surface area contributed by atoms with Crippen LogP contribution in [-0.4, -0.2) is 24.9 Å². The highest BCUT2D eigenvalue weighted by Crippen LogP contribution is 2.35. The first kappa shape index (κ1) is 16.4. The zero-order chi connectivity index (χ0) is 16.7. The van der Waals surface area contributed by atoms with Crippen LogP contribution in [0.5, 0.6) is 0 Å². The predicted octanol–water partition coefficient (Wildman–Crippen LogP) is 3.35. The summed E-state index contributed by atoms with van der Waals surface area (Å²) < 4.78 is 38.6. The van der Waals surface area contributed by atoms with E-state index < -0.39 is 10.0 Å². The van der Waals surface area contributed by atoms with Crippen molar-refractivity contribution in [1.29, 1.82) is 0 Å². The van der Waals surface area contributed by atoms with Crippen molar-refractivity contribution in [2.75, 3.05) is 6.26 Å². The zero-order valence-corrected chi connectivity index (χ0v) is 13.7. The fraction of sp³-hybridized carbons (Fsp3) is 0.312. The average Bonchev–Trinajstić information content (AvgIpc) is 2.72. The van der Waals surface area contributed by atoms with Crippen molar-refractivity contribution in [2.24, 2.45) is 0 Å². The van der Waals surface area contributed by atoms with Crippen molar-refractivity contribution in [2.45, 2.75) is 26.7 Å². The molecule has 0 spiro atoms. The molecule has 0 amide bonds. The number of aromatic nitrogens is 1. The Labute approximate surface area is 129 Å². The maximum Gasteiger partial charge on any atom is 0.236 e. The van der Waals surface area contributed by atoms with Crippen LogP contribution in [0.3, 0.4) is 0 Å². The second-order valence-corrected chi connectivity index (χ2v) is 7.40. The predicted molar refractivity (Wildman–Crippen MR) is 84.3 cm³/mol. The molecule has 0 aliphatic rings. The molecule has 0 aliphatic heterocycles. The van der Waals surface area contributed by atoms with E-state index in [0.717, 1.165) is 6.26 Å². The van der Waals surface area contributed by atoms with Crippen molar-refractivity contribution < 1.29 is 17.6 Å². The summed E-state index contributed by atoms with van der Waals surface area (Å²) in [5.74, 6) is -0.538. The van der Waals surface area contributed by atoms with Gasteiger partial charge in [-0.2, -0.15) is 0 Å². The van der Waals surface area contributed by atoms with Gasteiger partial charge >= 0.3 is 0 Å². The van der Waals surface area contributed by atoms with E-state index in [9.17, 15) is 17.6 Å². The topological polar surface area (TPSA) is 56.1 Å². The van der Waals surface area contributed by atoms with Gasteiger partial charge in [0.1, 0.15) is 5.82 Å². The quantitative estimate of drug-likeness (QED) is 0.811. The molecule has 22 heavy (non-hydrogen) atoms. The Morgan fingerprint density at radius 1 is 1.18 bits per heavy atom. The van der Waals surface area contributed by atoms with Crippen LogP contribution < -0.4 is 0 Å². The van der Waals surface area contributed by atoms with Gasteiger partial charge in [-0.25, -0.2) is 16.8 Å². The highest BCUT2D eigenvalue weighted by molar-refractivity contribution is 7.89. The van der Waals surface area contributed by atoms with E-state index in [1.54, 1.807) is 19.1 Å². The van der Waals surface area contributed by atoms with Gasteiger partial charge < -0.3 is 0 Å². The van der Waals surface area contributed by atoms with Gasteiger partial charge in [0.25, 0.3) is 0 Å². The number of benzene rings is 1. The molecule has 1 aromatic carbocycles. The zero-order valence-electron chi connectivity index (χ0n) is 12.9. The molecular weight excluding hydrogens is 305 g/mol. The monoisotopic (exact) mass is 323 g/mol. The van der Waals surface area contributed by atoms with Gasteiger partial charge in [0.2, 0.25) is 10.0 Å². The van der Waals surface area contributed by atoms with Gasteiger partial charge in [0, 0.05) is 22.5 Å². The summed E-state index contributed by atoms with van der Waals surface area (Å²) in [6, 6.07) is 5.66. The Hall–Kier alpha value is -1.95. The van der Waals surface area contributed by atoms with E-state index in [-0.39, 0.29) is 11.7 Å². The number of carbonyl (C=O) groups is 1. The molecule has 1 heterocycles. The lowest BCUT2D eigenvalue weighted by Gasteiger charge is -2.12. The van der Waals surface area contributed by atoms with Gasteiger partial charge in [0.05, 0.1) is 6.26 Å². The molecule has 0 fully saturated rings. The smallest absolute Gasteiger partial charge is 0.236 e. The summed E-state index contributed by atoms with van der Waals surface area (Å²) in [4.78, 5) is 11.6. The van der Waals surface area contributed by atoms with E-state index in [0.29, 0.717) is 34.4 Å². The molecule has 0 aliphatic carbocycles. The van der Waals surface area contributed by atoms with Gasteiger partial charge in [-0.3, -0.25) is 4.79 Å². The maximum atomic E-state index is 13.1. The normalized spacial score (nSPS) is 11.9. The Balaban J connectivity index is 2.91. The van der Waals surface area contributed by atoms with Crippen LogP contribution in [0.1, 0.15) is 41.5 Å². The molecule has 0 saturated carbocycles. The highest BCUT2D eigenvalue weighted by atomic mass is 32.2. The second kappa shape index (κ2) is 5.68. The Kier molecular flexibility index (Phi) is 4.24. The number of nitrogens with zero attached hydrogens (tertiary/aromatic N) is 1. The number of hydrogen-bond donors (Lipinski definition) is 0. The van der Waals surface area contributed by atoms with E-state index in [1.807, 2.05) is 13.8 Å². The molecule has 0 radical (unpaired) electrons. The molecule has 0 N–H and O–H groups in total. The third-order valence-electron chi connectivity index (χ3n) is 3.56. The average molecular weight is 323 g/mol. The number of carbonyl (C=O) groups excluding carboxylic acids is 1. The largest absolute Gasteiger partial charge is 0.298 e. The van der Waals surface area contributed by atoms with Crippen molar-refractivity contribution in [3.05, 3.63) is 47.0 Å². The van der Waals surface area contributed by atoms with Crippen molar-refractivity contribution in [1.82, 2.24) is 3.97 Å². The lowest BCUT2D eigenvalue weighted by atomic mass is 9.98. The molecule has 0 bridgehead atoms. The Bertz CT molecular complexity index is 818. The molecule has 0 saturated heterocycles. The third-order valence-corrected chi connectivity index (χ3v) is 4.69. The summed E-state index contributed by atoms with van der Waals surface area (Å²) in [5, 5.41) is 0. The number of rotatable bonds is 4. The van der Waals surface area contributed by atoms with Crippen LogP contribution in [0, 0.1) is 12.7 Å². The molecule has 0 atom stereocenters. The Morgan fingerprint density at radius 3 is 2.14 bits per heavy atom. The molecular formula is C16H18FNO3S. The van der Waals surface area contributed by atoms with Crippen molar-refractivity contribution in [3.63, 3.8) is 0 Å². The molecule has 6 heteroatoms. The van der Waals surface area contributed by atoms with Crippen LogP contribution >= 0.6 is 0 Å². The number of hydrogen-bond acceptors (Lipinski definition) is 3. The van der Waals surface area contributed by atoms with Crippen LogP contribution in [0.4, 0.5) is 4.39 Å². The summed E-state index contributed by atoms with van der Waals surface area (Å²) in [6.45, 7) is 5.31. The number of aldehydes is 1. The minimum absolute atomic E-state index is 0.150. The maximum absolute atomic E-state index is 13.1. The summed E-state index contributed by atoms with van der Waals surface area (Å²) in [6.07, 6.45) is 1.78. The van der Waals surface area contributed by atoms with Crippen molar-refractivity contribution in [3.8, 4) is 11.1 Å². The lowest BCUT2D eigenvalue weighted by Crippen LogP contribution is -2.16. The SMILES string of the molecule is Cc1c(-c2ccc(F)cc2)c(C=O)c(C(C)C)n1S(C)(=O)=O. The summed E-state index contributed by atoms with van der Waals surface area (Å²) in [7, 11) is -3.55. The standard InChI is InChI=1S/C16H18FNO3S/c1-10(2)16-14(9-19)15(11(3)18(16)22(4,20)21)12-5-7-13(17)8-6-12/h5-10H,1-4H3. The van der Waals surface area contributed by atoms with Gasteiger partial charge in [-0.1, -0.05) is 26.0 Å². The highest BCUT2D eigenvalue weighted by Gasteiger charge is 2.27. The molecule has 118 valence electrons. The first-order chi connectivity index (χ1) is 10.2. The molecule has 2 rings (SSSR count). The van der Waals surface area contributed by atoms with E-state index in [4.69, 9.17) is 0 Å². The van der Waals surface area contributed by atoms with Gasteiger partial charge in [-0.15, -0.1) is 0 Å². The fourth-order valence-corrected chi connectivity index (χ4v) is 4.04. The van der Waals surface area contributed by atoms with Crippen LogP contribution in [0.2, 0.25) is 0 Å². The van der Waals surface area contributed by atoms with E-state index >= 15 is 0 Å².